The van der Waals surface area contributed by atoms with Crippen molar-refractivity contribution in [3.63, 3.8) is 0 Å². The van der Waals surface area contributed by atoms with Crippen LogP contribution in [0.2, 0.25) is 0 Å². The third kappa shape index (κ3) is 4.26. The summed E-state index contributed by atoms with van der Waals surface area (Å²) in [7, 11) is 0. The standard InChI is InChI=1S/C15H29NO/c1-12-6-5-7-13(11-10-12)16-14-8-3-2-4-9-15(14)17/h12-17H,2-11H2,1H3. The molecule has 2 saturated carbocycles. The molecule has 0 amide bonds. The van der Waals surface area contributed by atoms with Gasteiger partial charge in [0.1, 0.15) is 0 Å². The van der Waals surface area contributed by atoms with Crippen molar-refractivity contribution in [3.05, 3.63) is 0 Å². The van der Waals surface area contributed by atoms with Gasteiger partial charge in [-0.1, -0.05) is 39.0 Å². The summed E-state index contributed by atoms with van der Waals surface area (Å²) in [6, 6.07) is 1.04. The third-order valence-corrected chi connectivity index (χ3v) is 4.69. The van der Waals surface area contributed by atoms with Gasteiger partial charge in [0.2, 0.25) is 0 Å². The van der Waals surface area contributed by atoms with Crippen molar-refractivity contribution >= 4 is 0 Å². The maximum Gasteiger partial charge on any atom is 0.0693 e. The molecule has 0 bridgehead atoms. The largest absolute Gasteiger partial charge is 0.392 e. The van der Waals surface area contributed by atoms with E-state index in [0.717, 1.165) is 12.3 Å². The van der Waals surface area contributed by atoms with E-state index >= 15 is 0 Å². The molecule has 0 aromatic rings. The molecule has 2 aliphatic carbocycles. The zero-order valence-electron chi connectivity index (χ0n) is 11.3. The van der Waals surface area contributed by atoms with Crippen LogP contribution in [0, 0.1) is 5.92 Å². The van der Waals surface area contributed by atoms with Crippen LogP contribution in [0.4, 0.5) is 0 Å². The summed E-state index contributed by atoms with van der Waals surface area (Å²) in [5, 5.41) is 13.9. The molecular weight excluding hydrogens is 210 g/mol. The molecule has 0 aliphatic heterocycles. The van der Waals surface area contributed by atoms with E-state index in [0.29, 0.717) is 12.1 Å². The fourth-order valence-electron chi connectivity index (χ4n) is 3.44. The van der Waals surface area contributed by atoms with Crippen molar-refractivity contribution < 1.29 is 5.11 Å². The predicted octanol–water partition coefficient (Wildman–Crippen LogP) is 3.24. The highest BCUT2D eigenvalue weighted by Crippen LogP contribution is 2.25. The highest BCUT2D eigenvalue weighted by atomic mass is 16.3. The topological polar surface area (TPSA) is 32.3 Å². The Morgan fingerprint density at radius 2 is 1.65 bits per heavy atom. The minimum Gasteiger partial charge on any atom is -0.392 e. The van der Waals surface area contributed by atoms with Gasteiger partial charge in [-0.2, -0.15) is 0 Å². The first kappa shape index (κ1) is 13.4. The van der Waals surface area contributed by atoms with Gasteiger partial charge in [0.05, 0.1) is 6.10 Å². The van der Waals surface area contributed by atoms with E-state index < -0.39 is 0 Å². The minimum atomic E-state index is -0.0989. The molecule has 0 aromatic heterocycles. The second kappa shape index (κ2) is 6.75. The van der Waals surface area contributed by atoms with Crippen LogP contribution < -0.4 is 5.32 Å². The Bertz CT molecular complexity index is 219. The van der Waals surface area contributed by atoms with Crippen molar-refractivity contribution in [3.8, 4) is 0 Å². The van der Waals surface area contributed by atoms with E-state index in [1.54, 1.807) is 0 Å². The first-order chi connectivity index (χ1) is 8.25. The van der Waals surface area contributed by atoms with Gasteiger partial charge < -0.3 is 10.4 Å². The van der Waals surface area contributed by atoms with Gasteiger partial charge in [0.25, 0.3) is 0 Å². The van der Waals surface area contributed by atoms with Crippen molar-refractivity contribution in [2.24, 2.45) is 5.92 Å². The molecule has 0 aromatic carbocycles. The second-order valence-electron chi connectivity index (χ2n) is 6.29. The molecule has 2 N–H and O–H groups in total. The van der Waals surface area contributed by atoms with Gasteiger partial charge in [-0.15, -0.1) is 0 Å². The average molecular weight is 239 g/mol. The summed E-state index contributed by atoms with van der Waals surface area (Å²) in [6.07, 6.45) is 12.6. The molecule has 0 spiro atoms. The number of aliphatic hydroxyl groups excluding tert-OH is 1. The molecule has 4 atom stereocenters. The summed E-state index contributed by atoms with van der Waals surface area (Å²) >= 11 is 0. The van der Waals surface area contributed by atoms with Gasteiger partial charge in [0.15, 0.2) is 0 Å². The summed E-state index contributed by atoms with van der Waals surface area (Å²) in [5.41, 5.74) is 0. The lowest BCUT2D eigenvalue weighted by atomic mass is 10.0. The van der Waals surface area contributed by atoms with Gasteiger partial charge >= 0.3 is 0 Å². The van der Waals surface area contributed by atoms with Crippen LogP contribution in [0.25, 0.3) is 0 Å². The van der Waals surface area contributed by atoms with Crippen LogP contribution in [0.3, 0.4) is 0 Å². The molecule has 17 heavy (non-hydrogen) atoms. The molecule has 0 saturated heterocycles. The van der Waals surface area contributed by atoms with E-state index in [1.807, 2.05) is 0 Å². The lowest BCUT2D eigenvalue weighted by Crippen LogP contribution is -2.44. The second-order valence-corrected chi connectivity index (χ2v) is 6.29. The Morgan fingerprint density at radius 3 is 2.53 bits per heavy atom. The molecule has 2 heteroatoms. The molecule has 4 unspecified atom stereocenters. The monoisotopic (exact) mass is 239 g/mol. The molecule has 0 radical (unpaired) electrons. The molecule has 2 aliphatic rings. The van der Waals surface area contributed by atoms with Crippen LogP contribution in [0.1, 0.15) is 71.1 Å². The lowest BCUT2D eigenvalue weighted by Gasteiger charge is -2.27. The van der Waals surface area contributed by atoms with Crippen molar-refractivity contribution in [2.45, 2.75) is 89.3 Å². The molecule has 2 fully saturated rings. The van der Waals surface area contributed by atoms with E-state index in [9.17, 15) is 5.11 Å². The molecular formula is C15H29NO. The third-order valence-electron chi connectivity index (χ3n) is 4.69. The Hall–Kier alpha value is -0.0800. The van der Waals surface area contributed by atoms with E-state index in [-0.39, 0.29) is 6.10 Å². The highest BCUT2D eigenvalue weighted by molar-refractivity contribution is 4.83. The molecule has 2 nitrogen and oxygen atoms in total. The summed E-state index contributed by atoms with van der Waals surface area (Å²) in [4.78, 5) is 0. The van der Waals surface area contributed by atoms with Gasteiger partial charge in [-0.25, -0.2) is 0 Å². The highest BCUT2D eigenvalue weighted by Gasteiger charge is 2.25. The van der Waals surface area contributed by atoms with E-state index in [1.165, 1.54) is 57.8 Å². The van der Waals surface area contributed by atoms with Crippen molar-refractivity contribution in [2.75, 3.05) is 0 Å². The van der Waals surface area contributed by atoms with Gasteiger partial charge in [0, 0.05) is 12.1 Å². The number of rotatable bonds is 2. The average Bonchev–Trinajstić information content (AvgIpc) is 2.63. The Labute approximate surface area is 106 Å². The van der Waals surface area contributed by atoms with Crippen LogP contribution in [0.5, 0.6) is 0 Å². The summed E-state index contributed by atoms with van der Waals surface area (Å²) in [6.45, 7) is 2.38. The van der Waals surface area contributed by atoms with Crippen LogP contribution in [-0.2, 0) is 0 Å². The number of aliphatic hydroxyl groups is 1. The van der Waals surface area contributed by atoms with E-state index in [2.05, 4.69) is 12.2 Å². The van der Waals surface area contributed by atoms with Crippen LogP contribution in [0.15, 0.2) is 0 Å². The maximum atomic E-state index is 10.1. The number of hydrogen-bond acceptors (Lipinski definition) is 2. The smallest absolute Gasteiger partial charge is 0.0693 e. The fourth-order valence-corrected chi connectivity index (χ4v) is 3.44. The minimum absolute atomic E-state index is 0.0989. The lowest BCUT2D eigenvalue weighted by molar-refractivity contribution is 0.112. The predicted molar refractivity (Wildman–Crippen MR) is 72.1 cm³/mol. The van der Waals surface area contributed by atoms with E-state index in [4.69, 9.17) is 0 Å². The first-order valence-electron chi connectivity index (χ1n) is 7.70. The molecule has 100 valence electrons. The Morgan fingerprint density at radius 1 is 0.824 bits per heavy atom. The van der Waals surface area contributed by atoms with Crippen LogP contribution >= 0.6 is 0 Å². The van der Waals surface area contributed by atoms with Gasteiger partial charge in [-0.05, 0) is 38.0 Å². The summed E-state index contributed by atoms with van der Waals surface area (Å²) < 4.78 is 0. The first-order valence-corrected chi connectivity index (χ1v) is 7.70. The normalized spacial score (nSPS) is 40.6. The Kier molecular flexibility index (Phi) is 5.30. The zero-order chi connectivity index (χ0) is 12.1. The number of nitrogens with one attached hydrogen (secondary N) is 1. The van der Waals surface area contributed by atoms with Crippen LogP contribution in [-0.4, -0.2) is 23.3 Å². The molecule has 0 heterocycles. The SMILES string of the molecule is CC1CCCC(NC2CCCCCC2O)CC1. The molecule has 2 rings (SSSR count). The quantitative estimate of drug-likeness (QED) is 0.725. The van der Waals surface area contributed by atoms with Crippen molar-refractivity contribution in [1.82, 2.24) is 5.32 Å². The summed E-state index contributed by atoms with van der Waals surface area (Å²) in [5.74, 6) is 0.904. The Balaban J connectivity index is 1.81. The number of hydrogen-bond donors (Lipinski definition) is 2. The van der Waals surface area contributed by atoms with Crippen molar-refractivity contribution in [1.29, 1.82) is 0 Å². The van der Waals surface area contributed by atoms with Gasteiger partial charge in [-0.3, -0.25) is 0 Å². The zero-order valence-corrected chi connectivity index (χ0v) is 11.3. The maximum absolute atomic E-state index is 10.1. The fraction of sp³-hybridized carbons (Fsp3) is 1.00.